The van der Waals surface area contributed by atoms with Crippen molar-refractivity contribution in [3.8, 4) is 0 Å². The number of hydrogen-bond donors (Lipinski definition) is 2. The van der Waals surface area contributed by atoms with Crippen LogP contribution in [0, 0.1) is 11.8 Å². The summed E-state index contributed by atoms with van der Waals surface area (Å²) in [5.74, 6) is -1.38. The van der Waals surface area contributed by atoms with Crippen molar-refractivity contribution in [2.45, 2.75) is 57.2 Å². The van der Waals surface area contributed by atoms with Crippen LogP contribution in [0.4, 0.5) is 18.0 Å². The Morgan fingerprint density at radius 1 is 1.27 bits per heavy atom. The number of carbonyl (C=O) groups is 2. The zero-order chi connectivity index (χ0) is 16.8. The smallest absolute Gasteiger partial charge is 0.405 e. The Balaban J connectivity index is 2.31. The van der Waals surface area contributed by atoms with Gasteiger partial charge in [0.15, 0.2) is 6.10 Å². The highest BCUT2D eigenvalue weighted by molar-refractivity contribution is 5.82. The van der Waals surface area contributed by atoms with Crippen LogP contribution in [0.15, 0.2) is 0 Å². The Hall–Kier alpha value is -1.47. The van der Waals surface area contributed by atoms with Crippen LogP contribution in [0.3, 0.4) is 0 Å². The van der Waals surface area contributed by atoms with E-state index in [9.17, 15) is 22.8 Å². The Morgan fingerprint density at radius 3 is 2.32 bits per heavy atom. The predicted molar refractivity (Wildman–Crippen MR) is 73.9 cm³/mol. The van der Waals surface area contributed by atoms with E-state index >= 15 is 0 Å². The highest BCUT2D eigenvalue weighted by Crippen LogP contribution is 2.40. The molecule has 3 N–H and O–H groups in total. The van der Waals surface area contributed by atoms with Gasteiger partial charge in [-0.3, -0.25) is 4.79 Å². The maximum atomic E-state index is 12.6. The van der Waals surface area contributed by atoms with Crippen LogP contribution >= 0.6 is 0 Å². The van der Waals surface area contributed by atoms with Crippen molar-refractivity contribution < 1.29 is 27.5 Å². The fourth-order valence-electron chi connectivity index (χ4n) is 2.92. The zero-order valence-electron chi connectivity index (χ0n) is 12.6. The van der Waals surface area contributed by atoms with E-state index in [0.717, 1.165) is 6.42 Å². The molecule has 0 aromatic heterocycles. The number of likely N-dealkylation sites (N-methyl/N-ethyl adjacent to an activating group) is 1. The summed E-state index contributed by atoms with van der Waals surface area (Å²) < 4.78 is 42.4. The van der Waals surface area contributed by atoms with E-state index in [2.05, 4.69) is 5.32 Å². The van der Waals surface area contributed by atoms with Gasteiger partial charge in [-0.25, -0.2) is 4.79 Å². The van der Waals surface area contributed by atoms with Crippen LogP contribution in [0.5, 0.6) is 0 Å². The molecule has 0 radical (unpaired) electrons. The Labute approximate surface area is 127 Å². The minimum atomic E-state index is -4.09. The van der Waals surface area contributed by atoms with Gasteiger partial charge in [-0.2, -0.15) is 13.2 Å². The predicted octanol–water partition coefficient (Wildman–Crippen LogP) is 2.74. The fraction of sp³-hybridized carbons (Fsp3) is 0.857. The molecule has 1 aliphatic carbocycles. The van der Waals surface area contributed by atoms with Gasteiger partial charge in [0.25, 0.3) is 5.91 Å². The second-order valence-corrected chi connectivity index (χ2v) is 5.73. The van der Waals surface area contributed by atoms with Gasteiger partial charge in [-0.05, 0) is 44.4 Å². The summed E-state index contributed by atoms with van der Waals surface area (Å²) in [6, 6.07) is 0. The van der Waals surface area contributed by atoms with Gasteiger partial charge in [0.1, 0.15) is 0 Å². The fourth-order valence-corrected chi connectivity index (χ4v) is 2.92. The summed E-state index contributed by atoms with van der Waals surface area (Å²) in [5.41, 5.74) is 4.91. The molecule has 0 saturated heterocycles. The first kappa shape index (κ1) is 18.6. The molecule has 22 heavy (non-hydrogen) atoms. The topological polar surface area (TPSA) is 81.4 Å². The van der Waals surface area contributed by atoms with Gasteiger partial charge in [0.2, 0.25) is 0 Å². The Bertz CT molecular complexity index is 380. The zero-order valence-corrected chi connectivity index (χ0v) is 12.6. The summed E-state index contributed by atoms with van der Waals surface area (Å²) in [7, 11) is 1.43. The summed E-state index contributed by atoms with van der Waals surface area (Å²) in [6.07, 6.45) is -2.96. The Morgan fingerprint density at radius 2 is 1.86 bits per heavy atom. The molecule has 0 bridgehead atoms. The number of nitrogens with two attached hydrogens (primary N) is 1. The molecule has 1 aliphatic rings. The van der Waals surface area contributed by atoms with E-state index in [1.165, 1.54) is 7.05 Å². The van der Waals surface area contributed by atoms with Gasteiger partial charge in [0, 0.05) is 7.05 Å². The second kappa shape index (κ2) is 8.24. The van der Waals surface area contributed by atoms with Crippen LogP contribution in [-0.2, 0) is 9.53 Å². The number of alkyl halides is 3. The highest BCUT2D eigenvalue weighted by Gasteiger charge is 2.41. The first-order valence-electron chi connectivity index (χ1n) is 7.48. The van der Waals surface area contributed by atoms with E-state index in [1.807, 2.05) is 0 Å². The van der Waals surface area contributed by atoms with E-state index in [4.69, 9.17) is 10.5 Å². The van der Waals surface area contributed by atoms with Gasteiger partial charge in [-0.15, -0.1) is 0 Å². The van der Waals surface area contributed by atoms with Crippen molar-refractivity contribution >= 4 is 12.0 Å². The minimum absolute atomic E-state index is 0.171. The lowest BCUT2D eigenvalue weighted by atomic mass is 9.79. The second-order valence-electron chi connectivity index (χ2n) is 5.73. The molecule has 0 spiro atoms. The summed E-state index contributed by atoms with van der Waals surface area (Å²) >= 11 is 0. The Kier molecular flexibility index (Phi) is 6.96. The number of primary amides is 1. The molecule has 0 aliphatic heterocycles. The van der Waals surface area contributed by atoms with Crippen molar-refractivity contribution in [3.63, 3.8) is 0 Å². The first-order chi connectivity index (χ1) is 10.2. The van der Waals surface area contributed by atoms with Crippen molar-refractivity contribution in [3.05, 3.63) is 0 Å². The number of halogens is 3. The number of ether oxygens (including phenoxy) is 1. The third-order valence-electron chi connectivity index (χ3n) is 4.19. The van der Waals surface area contributed by atoms with E-state index < -0.39 is 30.2 Å². The van der Waals surface area contributed by atoms with Gasteiger partial charge < -0.3 is 15.8 Å². The molecule has 1 atom stereocenters. The molecule has 2 amide bonds. The number of carbonyl (C=O) groups excluding carboxylic acids is 2. The van der Waals surface area contributed by atoms with Gasteiger partial charge >= 0.3 is 12.3 Å². The third-order valence-corrected chi connectivity index (χ3v) is 4.19. The lowest BCUT2D eigenvalue weighted by Crippen LogP contribution is -2.37. The van der Waals surface area contributed by atoms with Crippen LogP contribution in [0.25, 0.3) is 0 Å². The number of hydrogen-bond acceptors (Lipinski definition) is 3. The van der Waals surface area contributed by atoms with E-state index in [0.29, 0.717) is 25.7 Å². The average molecular weight is 324 g/mol. The van der Waals surface area contributed by atoms with Crippen molar-refractivity contribution in [2.75, 3.05) is 7.05 Å². The van der Waals surface area contributed by atoms with Gasteiger partial charge in [0.05, 0.1) is 5.92 Å². The largest absolute Gasteiger partial charge is 0.436 e. The molecule has 0 heterocycles. The molecule has 128 valence electrons. The minimum Gasteiger partial charge on any atom is -0.436 e. The number of amides is 2. The normalized spacial score (nSPS) is 23.6. The summed E-state index contributed by atoms with van der Waals surface area (Å²) in [4.78, 5) is 22.3. The van der Waals surface area contributed by atoms with Crippen LogP contribution in [0.1, 0.15) is 44.9 Å². The number of nitrogens with one attached hydrogen (secondary N) is 1. The summed E-state index contributed by atoms with van der Waals surface area (Å²) in [6.45, 7) is 0. The van der Waals surface area contributed by atoms with E-state index in [-0.39, 0.29) is 18.8 Å². The molecule has 5 nitrogen and oxygen atoms in total. The molecule has 1 fully saturated rings. The number of rotatable bonds is 6. The first-order valence-corrected chi connectivity index (χ1v) is 7.48. The molecular formula is C14H23F3N2O3. The maximum Gasteiger partial charge on any atom is 0.405 e. The lowest BCUT2D eigenvalue weighted by molar-refractivity contribution is -0.184. The third kappa shape index (κ3) is 6.11. The van der Waals surface area contributed by atoms with Crippen LogP contribution in [0.2, 0.25) is 0 Å². The quantitative estimate of drug-likeness (QED) is 0.788. The van der Waals surface area contributed by atoms with Crippen molar-refractivity contribution in [1.82, 2.24) is 5.32 Å². The van der Waals surface area contributed by atoms with Gasteiger partial charge in [-0.1, -0.05) is 6.42 Å². The molecular weight excluding hydrogens is 301 g/mol. The van der Waals surface area contributed by atoms with E-state index in [1.54, 1.807) is 0 Å². The molecule has 1 saturated carbocycles. The maximum absolute atomic E-state index is 12.6. The molecule has 8 heteroatoms. The molecule has 0 aromatic carbocycles. The lowest BCUT2D eigenvalue weighted by Gasteiger charge is -2.30. The van der Waals surface area contributed by atoms with Crippen LogP contribution < -0.4 is 11.1 Å². The van der Waals surface area contributed by atoms with Crippen molar-refractivity contribution in [2.24, 2.45) is 17.6 Å². The molecule has 1 rings (SSSR count). The monoisotopic (exact) mass is 324 g/mol. The standard InChI is InChI=1S/C14H23F3N2O3/c1-19-12(20)11(22-13(18)21)4-2-3-9-5-7-10(8-6-9)14(15,16)17/h9-11H,2-8H2,1H3,(H2,18,21)(H,19,20)/t9?,10?,11-/m0/s1. The molecule has 0 unspecified atom stereocenters. The average Bonchev–Trinajstić information content (AvgIpc) is 2.44. The SMILES string of the molecule is CNC(=O)[C@H](CCCC1CCC(C(F)(F)F)CC1)OC(N)=O. The molecule has 0 aromatic rings. The highest BCUT2D eigenvalue weighted by atomic mass is 19.4. The van der Waals surface area contributed by atoms with Crippen molar-refractivity contribution in [1.29, 1.82) is 0 Å². The van der Waals surface area contributed by atoms with Crippen LogP contribution in [-0.4, -0.2) is 31.3 Å². The summed E-state index contributed by atoms with van der Waals surface area (Å²) in [5, 5.41) is 2.38.